The van der Waals surface area contributed by atoms with E-state index in [1.807, 2.05) is 30.1 Å². The zero-order valence-electron chi connectivity index (χ0n) is 12.5. The number of benzene rings is 1. The molecule has 2 heterocycles. The van der Waals surface area contributed by atoms with Crippen molar-refractivity contribution in [3.8, 4) is 5.82 Å². The summed E-state index contributed by atoms with van der Waals surface area (Å²) in [5.74, 6) is 0.896. The quantitative estimate of drug-likeness (QED) is 0.781. The highest BCUT2D eigenvalue weighted by Gasteiger charge is 2.08. The van der Waals surface area contributed by atoms with Gasteiger partial charge in [-0.25, -0.2) is 9.67 Å². The van der Waals surface area contributed by atoms with Gasteiger partial charge in [-0.3, -0.25) is 0 Å². The van der Waals surface area contributed by atoms with Crippen molar-refractivity contribution in [3.63, 3.8) is 0 Å². The summed E-state index contributed by atoms with van der Waals surface area (Å²) < 4.78 is 1.92. The third kappa shape index (κ3) is 2.81. The smallest absolute Gasteiger partial charge is 0.154 e. The Kier molecular flexibility index (Phi) is 3.97. The summed E-state index contributed by atoms with van der Waals surface area (Å²) in [5.41, 5.74) is 3.46. The van der Waals surface area contributed by atoms with Gasteiger partial charge in [0.15, 0.2) is 5.82 Å². The van der Waals surface area contributed by atoms with E-state index >= 15 is 0 Å². The molecule has 0 atom stereocenters. The molecule has 0 amide bonds. The van der Waals surface area contributed by atoms with Crippen LogP contribution in [0.3, 0.4) is 0 Å². The van der Waals surface area contributed by atoms with Crippen LogP contribution in [0.5, 0.6) is 0 Å². The van der Waals surface area contributed by atoms with Gasteiger partial charge >= 0.3 is 0 Å². The van der Waals surface area contributed by atoms with Crippen LogP contribution in [0.1, 0.15) is 24.6 Å². The van der Waals surface area contributed by atoms with E-state index < -0.39 is 0 Å². The number of nitrogens with zero attached hydrogens (tertiary/aromatic N) is 3. The van der Waals surface area contributed by atoms with E-state index in [-0.39, 0.29) is 0 Å². The molecule has 0 aliphatic rings. The van der Waals surface area contributed by atoms with Crippen molar-refractivity contribution < 1.29 is 0 Å². The molecule has 4 nitrogen and oxygen atoms in total. The minimum Gasteiger partial charge on any atom is -0.316 e. The summed E-state index contributed by atoms with van der Waals surface area (Å²) in [6.07, 6.45) is 3.97. The van der Waals surface area contributed by atoms with Crippen LogP contribution < -0.4 is 5.32 Å². The lowest BCUT2D eigenvalue weighted by molar-refractivity contribution is 0.788. The van der Waals surface area contributed by atoms with Gasteiger partial charge in [0.25, 0.3) is 0 Å². The molecule has 1 N–H and O–H groups in total. The minimum absolute atomic E-state index is 0.839. The van der Waals surface area contributed by atoms with E-state index in [1.54, 1.807) is 0 Å². The van der Waals surface area contributed by atoms with Gasteiger partial charge < -0.3 is 5.32 Å². The summed E-state index contributed by atoms with van der Waals surface area (Å²) in [7, 11) is 1.96. The number of pyridine rings is 1. The number of aryl methyl sites for hydroxylation is 1. The molecular formula is C17H20N4. The molecule has 1 aromatic carbocycles. The van der Waals surface area contributed by atoms with Crippen molar-refractivity contribution >= 4 is 10.9 Å². The first-order valence-electron chi connectivity index (χ1n) is 7.39. The number of para-hydroxylation sites is 1. The van der Waals surface area contributed by atoms with E-state index in [2.05, 4.69) is 41.6 Å². The zero-order valence-corrected chi connectivity index (χ0v) is 12.5. The van der Waals surface area contributed by atoms with E-state index in [0.29, 0.717) is 0 Å². The summed E-state index contributed by atoms with van der Waals surface area (Å²) in [5, 5.41) is 8.84. The second kappa shape index (κ2) is 6.06. The van der Waals surface area contributed by atoms with Crippen LogP contribution in [0.15, 0.2) is 42.6 Å². The van der Waals surface area contributed by atoms with E-state index in [0.717, 1.165) is 41.8 Å². The highest BCUT2D eigenvalue weighted by molar-refractivity contribution is 5.79. The summed E-state index contributed by atoms with van der Waals surface area (Å²) in [6.45, 7) is 3.01. The van der Waals surface area contributed by atoms with Crippen LogP contribution in [0.2, 0.25) is 0 Å². The Labute approximate surface area is 124 Å². The predicted molar refractivity (Wildman–Crippen MR) is 85.6 cm³/mol. The Morgan fingerprint density at radius 2 is 2.05 bits per heavy atom. The van der Waals surface area contributed by atoms with Gasteiger partial charge in [-0.05, 0) is 37.2 Å². The van der Waals surface area contributed by atoms with Crippen LogP contribution in [-0.4, -0.2) is 21.8 Å². The van der Waals surface area contributed by atoms with Gasteiger partial charge in [-0.1, -0.05) is 31.5 Å². The summed E-state index contributed by atoms with van der Waals surface area (Å²) in [4.78, 5) is 4.77. The fraction of sp³-hybridized carbons (Fsp3) is 0.294. The van der Waals surface area contributed by atoms with E-state index in [9.17, 15) is 0 Å². The standard InChI is InChI=1S/C17H20N4/c1-3-6-15-9-13(11-18-2)10-17(20-15)21-16-8-5-4-7-14(16)12-19-21/h4-5,7-10,12,18H,3,6,11H2,1-2H3. The van der Waals surface area contributed by atoms with E-state index in [1.165, 1.54) is 5.56 Å². The summed E-state index contributed by atoms with van der Waals surface area (Å²) >= 11 is 0. The SMILES string of the molecule is CCCc1cc(CNC)cc(-n2ncc3ccccc32)n1. The number of aromatic nitrogens is 3. The van der Waals surface area contributed by atoms with Crippen molar-refractivity contribution in [1.82, 2.24) is 20.1 Å². The third-order valence-corrected chi connectivity index (χ3v) is 3.51. The molecule has 0 aliphatic heterocycles. The molecule has 3 rings (SSSR count). The Bertz CT molecular complexity index is 721. The lowest BCUT2D eigenvalue weighted by Crippen LogP contribution is -2.09. The molecule has 0 bridgehead atoms. The first kappa shape index (κ1) is 13.8. The maximum absolute atomic E-state index is 4.77. The second-order valence-corrected chi connectivity index (χ2v) is 5.22. The molecule has 2 aromatic heterocycles. The Balaban J connectivity index is 2.11. The fourth-order valence-electron chi connectivity index (χ4n) is 2.59. The Morgan fingerprint density at radius 1 is 1.19 bits per heavy atom. The molecule has 4 heteroatoms. The molecular weight excluding hydrogens is 260 g/mol. The molecule has 0 aliphatic carbocycles. The van der Waals surface area contributed by atoms with E-state index in [4.69, 9.17) is 4.98 Å². The van der Waals surface area contributed by atoms with Gasteiger partial charge in [0.05, 0.1) is 11.7 Å². The normalized spacial score (nSPS) is 11.1. The average molecular weight is 280 g/mol. The van der Waals surface area contributed by atoms with Crippen molar-refractivity contribution in [2.45, 2.75) is 26.3 Å². The molecule has 21 heavy (non-hydrogen) atoms. The molecule has 0 unspecified atom stereocenters. The number of hydrogen-bond acceptors (Lipinski definition) is 3. The number of rotatable bonds is 5. The van der Waals surface area contributed by atoms with Gasteiger partial charge in [0.1, 0.15) is 0 Å². The average Bonchev–Trinajstić information content (AvgIpc) is 2.92. The molecule has 0 radical (unpaired) electrons. The number of fused-ring (bicyclic) bond motifs is 1. The summed E-state index contributed by atoms with van der Waals surface area (Å²) in [6, 6.07) is 12.5. The van der Waals surface area contributed by atoms with Crippen LogP contribution in [0.25, 0.3) is 16.7 Å². The first-order valence-corrected chi connectivity index (χ1v) is 7.39. The fourth-order valence-corrected chi connectivity index (χ4v) is 2.59. The maximum Gasteiger partial charge on any atom is 0.154 e. The molecule has 0 saturated heterocycles. The van der Waals surface area contributed by atoms with Gasteiger partial charge in [-0.15, -0.1) is 0 Å². The highest BCUT2D eigenvalue weighted by Crippen LogP contribution is 2.18. The molecule has 0 saturated carbocycles. The van der Waals surface area contributed by atoms with Crippen molar-refractivity contribution in [2.24, 2.45) is 0 Å². The molecule has 0 spiro atoms. The maximum atomic E-state index is 4.77. The van der Waals surface area contributed by atoms with Gasteiger partial charge in [0, 0.05) is 17.6 Å². The Hall–Kier alpha value is -2.20. The Morgan fingerprint density at radius 3 is 2.86 bits per heavy atom. The van der Waals surface area contributed by atoms with Crippen LogP contribution in [-0.2, 0) is 13.0 Å². The zero-order chi connectivity index (χ0) is 14.7. The van der Waals surface area contributed by atoms with Gasteiger partial charge in [0.2, 0.25) is 0 Å². The highest BCUT2D eigenvalue weighted by atomic mass is 15.3. The third-order valence-electron chi connectivity index (χ3n) is 3.51. The first-order chi connectivity index (χ1) is 10.3. The van der Waals surface area contributed by atoms with Crippen LogP contribution in [0, 0.1) is 0 Å². The van der Waals surface area contributed by atoms with Crippen molar-refractivity contribution in [2.75, 3.05) is 7.05 Å². The van der Waals surface area contributed by atoms with Crippen LogP contribution >= 0.6 is 0 Å². The lowest BCUT2D eigenvalue weighted by atomic mass is 10.1. The minimum atomic E-state index is 0.839. The second-order valence-electron chi connectivity index (χ2n) is 5.22. The topological polar surface area (TPSA) is 42.7 Å². The van der Waals surface area contributed by atoms with Crippen LogP contribution in [0.4, 0.5) is 0 Å². The lowest BCUT2D eigenvalue weighted by Gasteiger charge is -2.09. The molecule has 108 valence electrons. The van der Waals surface area contributed by atoms with Crippen molar-refractivity contribution in [3.05, 3.63) is 53.9 Å². The number of hydrogen-bond donors (Lipinski definition) is 1. The van der Waals surface area contributed by atoms with Gasteiger partial charge in [-0.2, -0.15) is 5.10 Å². The largest absolute Gasteiger partial charge is 0.316 e. The predicted octanol–water partition coefficient (Wildman–Crippen LogP) is 3.09. The molecule has 3 aromatic rings. The monoisotopic (exact) mass is 280 g/mol. The van der Waals surface area contributed by atoms with Crippen molar-refractivity contribution in [1.29, 1.82) is 0 Å². The number of nitrogens with one attached hydrogen (secondary N) is 1. The molecule has 0 fully saturated rings.